The number of para-hydroxylation sites is 2. The van der Waals surface area contributed by atoms with Crippen LogP contribution in [0.1, 0.15) is 31.6 Å². The zero-order valence-corrected chi connectivity index (χ0v) is 11.8. The minimum Gasteiger partial charge on any atom is -0.480 e. The number of rotatable bonds is 3. The highest BCUT2D eigenvalue weighted by Crippen LogP contribution is 2.30. The van der Waals surface area contributed by atoms with Gasteiger partial charge >= 0.3 is 5.97 Å². The molecular weight excluding hydrogens is 254 g/mol. The second-order valence-electron chi connectivity index (χ2n) is 5.43. The lowest BCUT2D eigenvalue weighted by atomic mass is 10.2. The van der Waals surface area contributed by atoms with Gasteiger partial charge in [-0.3, -0.25) is 9.69 Å². The van der Waals surface area contributed by atoms with Crippen LogP contribution in [0.25, 0.3) is 11.0 Å². The third-order valence-electron chi connectivity index (χ3n) is 4.27. The summed E-state index contributed by atoms with van der Waals surface area (Å²) in [7, 11) is 1.99. The van der Waals surface area contributed by atoms with Crippen LogP contribution < -0.4 is 0 Å². The highest BCUT2D eigenvalue weighted by atomic mass is 16.4. The summed E-state index contributed by atoms with van der Waals surface area (Å²) in [5.74, 6) is 0.201. The van der Waals surface area contributed by atoms with Crippen molar-refractivity contribution in [1.82, 2.24) is 14.5 Å². The largest absolute Gasteiger partial charge is 0.480 e. The van der Waals surface area contributed by atoms with E-state index in [-0.39, 0.29) is 12.1 Å². The van der Waals surface area contributed by atoms with Crippen LogP contribution in [0.15, 0.2) is 24.3 Å². The van der Waals surface area contributed by atoms with Gasteiger partial charge in [0.15, 0.2) is 0 Å². The highest BCUT2D eigenvalue weighted by Gasteiger charge is 2.35. The summed E-state index contributed by atoms with van der Waals surface area (Å²) >= 11 is 0. The molecule has 3 rings (SSSR count). The highest BCUT2D eigenvalue weighted by molar-refractivity contribution is 5.76. The van der Waals surface area contributed by atoms with Gasteiger partial charge in [0.05, 0.1) is 17.1 Å². The molecule has 0 saturated carbocycles. The molecule has 5 nitrogen and oxygen atoms in total. The molecule has 2 heterocycles. The van der Waals surface area contributed by atoms with Crippen molar-refractivity contribution in [2.45, 2.75) is 31.8 Å². The van der Waals surface area contributed by atoms with Gasteiger partial charge in [0, 0.05) is 7.05 Å². The van der Waals surface area contributed by atoms with E-state index in [0.717, 1.165) is 36.2 Å². The van der Waals surface area contributed by atoms with E-state index in [1.807, 2.05) is 43.1 Å². The summed E-state index contributed by atoms with van der Waals surface area (Å²) in [4.78, 5) is 18.1. The number of likely N-dealkylation sites (tertiary alicyclic amines) is 1. The van der Waals surface area contributed by atoms with E-state index in [2.05, 4.69) is 9.55 Å². The van der Waals surface area contributed by atoms with Gasteiger partial charge in [-0.25, -0.2) is 4.98 Å². The van der Waals surface area contributed by atoms with Crippen molar-refractivity contribution in [2.24, 2.45) is 7.05 Å². The summed E-state index contributed by atoms with van der Waals surface area (Å²) in [5.41, 5.74) is 2.04. The van der Waals surface area contributed by atoms with E-state index in [1.165, 1.54) is 0 Å². The number of aromatic nitrogens is 2. The molecule has 0 aliphatic carbocycles. The fourth-order valence-corrected chi connectivity index (χ4v) is 3.20. The van der Waals surface area contributed by atoms with Crippen LogP contribution in [0.2, 0.25) is 0 Å². The molecule has 0 radical (unpaired) electrons. The number of benzene rings is 1. The Balaban J connectivity index is 1.98. The van der Waals surface area contributed by atoms with Crippen LogP contribution in [-0.4, -0.2) is 38.1 Å². The summed E-state index contributed by atoms with van der Waals surface area (Å²) in [5, 5.41) is 9.32. The molecule has 2 atom stereocenters. The quantitative estimate of drug-likeness (QED) is 0.931. The number of aliphatic carboxylic acids is 1. The third kappa shape index (κ3) is 1.98. The van der Waals surface area contributed by atoms with E-state index in [1.54, 1.807) is 0 Å². The number of fused-ring (bicyclic) bond motifs is 1. The molecule has 2 aromatic rings. The van der Waals surface area contributed by atoms with Crippen molar-refractivity contribution in [2.75, 3.05) is 6.54 Å². The van der Waals surface area contributed by atoms with Crippen LogP contribution >= 0.6 is 0 Å². The first-order valence-electron chi connectivity index (χ1n) is 6.99. The molecule has 1 aromatic carbocycles. The first-order valence-corrected chi connectivity index (χ1v) is 6.99. The molecule has 1 aliphatic rings. The van der Waals surface area contributed by atoms with Gasteiger partial charge in [-0.1, -0.05) is 12.1 Å². The second-order valence-corrected chi connectivity index (χ2v) is 5.43. The van der Waals surface area contributed by atoms with Gasteiger partial charge in [0.2, 0.25) is 0 Å². The number of carboxylic acids is 1. The van der Waals surface area contributed by atoms with E-state index in [9.17, 15) is 9.90 Å². The number of carboxylic acid groups (broad SMARTS) is 1. The second kappa shape index (κ2) is 4.90. The average Bonchev–Trinajstić information content (AvgIpc) is 3.04. The molecule has 1 aromatic heterocycles. The molecule has 1 aliphatic heterocycles. The molecule has 0 amide bonds. The van der Waals surface area contributed by atoms with Gasteiger partial charge in [-0.2, -0.15) is 0 Å². The van der Waals surface area contributed by atoms with Crippen LogP contribution in [0.4, 0.5) is 0 Å². The number of imidazole rings is 1. The lowest BCUT2D eigenvalue weighted by Crippen LogP contribution is -2.38. The molecule has 1 fully saturated rings. The van der Waals surface area contributed by atoms with Gasteiger partial charge in [0.25, 0.3) is 0 Å². The normalized spacial score (nSPS) is 21.4. The molecule has 5 heteroatoms. The molecule has 0 spiro atoms. The summed E-state index contributed by atoms with van der Waals surface area (Å²) in [6.07, 6.45) is 1.66. The van der Waals surface area contributed by atoms with E-state index < -0.39 is 5.97 Å². The average molecular weight is 273 g/mol. The maximum absolute atomic E-state index is 11.3. The Bertz CT molecular complexity index is 650. The standard InChI is InChI=1S/C15H19N3O2/c1-10(18-9-5-8-13(18)15(19)20)14-16-11-6-3-4-7-12(11)17(14)2/h3-4,6-7,10,13H,5,8-9H2,1-2H3,(H,19,20). The molecule has 2 unspecified atom stereocenters. The number of nitrogens with zero attached hydrogens (tertiary/aromatic N) is 3. The molecule has 1 saturated heterocycles. The van der Waals surface area contributed by atoms with E-state index in [4.69, 9.17) is 0 Å². The Morgan fingerprint density at radius 3 is 2.90 bits per heavy atom. The fourth-order valence-electron chi connectivity index (χ4n) is 3.20. The minimum absolute atomic E-state index is 0.0102. The van der Waals surface area contributed by atoms with Crippen LogP contribution in [0.5, 0.6) is 0 Å². The minimum atomic E-state index is -0.729. The number of carbonyl (C=O) groups is 1. The Labute approximate surface area is 117 Å². The van der Waals surface area contributed by atoms with Gasteiger partial charge in [0.1, 0.15) is 11.9 Å². The molecule has 106 valence electrons. The lowest BCUT2D eigenvalue weighted by molar-refractivity contribution is -0.142. The monoisotopic (exact) mass is 273 g/mol. The van der Waals surface area contributed by atoms with Crippen LogP contribution in [0.3, 0.4) is 0 Å². The summed E-state index contributed by atoms with van der Waals surface area (Å²) < 4.78 is 2.07. The van der Waals surface area contributed by atoms with Crippen molar-refractivity contribution in [3.05, 3.63) is 30.1 Å². The van der Waals surface area contributed by atoms with Gasteiger partial charge < -0.3 is 9.67 Å². The smallest absolute Gasteiger partial charge is 0.320 e. The first kappa shape index (κ1) is 13.1. The van der Waals surface area contributed by atoms with Crippen molar-refractivity contribution >= 4 is 17.0 Å². The van der Waals surface area contributed by atoms with Crippen molar-refractivity contribution < 1.29 is 9.90 Å². The Morgan fingerprint density at radius 2 is 2.20 bits per heavy atom. The Morgan fingerprint density at radius 1 is 1.45 bits per heavy atom. The maximum Gasteiger partial charge on any atom is 0.320 e. The molecule has 20 heavy (non-hydrogen) atoms. The van der Waals surface area contributed by atoms with Crippen LogP contribution in [0, 0.1) is 0 Å². The Kier molecular flexibility index (Phi) is 3.22. The van der Waals surface area contributed by atoms with Crippen molar-refractivity contribution in [3.8, 4) is 0 Å². The van der Waals surface area contributed by atoms with Gasteiger partial charge in [-0.15, -0.1) is 0 Å². The van der Waals surface area contributed by atoms with Gasteiger partial charge in [-0.05, 0) is 38.4 Å². The van der Waals surface area contributed by atoms with Crippen molar-refractivity contribution in [1.29, 1.82) is 0 Å². The maximum atomic E-state index is 11.3. The Hall–Kier alpha value is -1.88. The first-order chi connectivity index (χ1) is 9.59. The number of hydrogen-bond donors (Lipinski definition) is 1. The van der Waals surface area contributed by atoms with Crippen LogP contribution in [-0.2, 0) is 11.8 Å². The van der Waals surface area contributed by atoms with Crippen molar-refractivity contribution in [3.63, 3.8) is 0 Å². The zero-order chi connectivity index (χ0) is 14.3. The summed E-state index contributed by atoms with van der Waals surface area (Å²) in [6, 6.07) is 7.62. The zero-order valence-electron chi connectivity index (χ0n) is 11.8. The fraction of sp³-hybridized carbons (Fsp3) is 0.467. The van der Waals surface area contributed by atoms with E-state index in [0.29, 0.717) is 0 Å². The lowest BCUT2D eigenvalue weighted by Gasteiger charge is -2.27. The summed E-state index contributed by atoms with van der Waals surface area (Å²) in [6.45, 7) is 2.86. The molecular formula is C15H19N3O2. The molecule has 1 N–H and O–H groups in total. The SMILES string of the molecule is CC(c1nc2ccccc2n1C)N1CCCC1C(=O)O. The predicted octanol–water partition coefficient (Wildman–Crippen LogP) is 2.18. The molecule has 0 bridgehead atoms. The topological polar surface area (TPSA) is 58.4 Å². The number of hydrogen-bond acceptors (Lipinski definition) is 3. The third-order valence-corrected chi connectivity index (χ3v) is 4.27. The predicted molar refractivity (Wildman–Crippen MR) is 76.5 cm³/mol. The van der Waals surface area contributed by atoms with E-state index >= 15 is 0 Å². The number of aryl methyl sites for hydroxylation is 1.